The molecule has 24 heavy (non-hydrogen) atoms. The summed E-state index contributed by atoms with van der Waals surface area (Å²) < 4.78 is 0. The molecule has 0 saturated heterocycles. The van der Waals surface area contributed by atoms with Gasteiger partial charge in [0.25, 0.3) is 5.91 Å². The molecule has 5 heteroatoms. The third kappa shape index (κ3) is 4.65. The molecule has 0 aliphatic heterocycles. The first kappa shape index (κ1) is 18.6. The van der Waals surface area contributed by atoms with Crippen LogP contribution in [-0.4, -0.2) is 21.5 Å². The van der Waals surface area contributed by atoms with Gasteiger partial charge in [-0.1, -0.05) is 45.0 Å². The smallest absolute Gasteiger partial charge is 0.271 e. The minimum atomic E-state index is -0.819. The lowest BCUT2D eigenvalue weighted by Crippen LogP contribution is -2.40. The number of thiazole rings is 1. The molecule has 1 aromatic heterocycles. The molecule has 1 amide bonds. The first-order chi connectivity index (χ1) is 11.0. The van der Waals surface area contributed by atoms with Crippen molar-refractivity contribution in [3.63, 3.8) is 0 Å². The van der Waals surface area contributed by atoms with Gasteiger partial charge in [-0.05, 0) is 37.3 Å². The minimum Gasteiger partial charge on any atom is -0.381 e. The van der Waals surface area contributed by atoms with Gasteiger partial charge >= 0.3 is 0 Å². The van der Waals surface area contributed by atoms with Crippen LogP contribution in [0.15, 0.2) is 29.6 Å². The first-order valence-electron chi connectivity index (χ1n) is 8.04. The van der Waals surface area contributed by atoms with Gasteiger partial charge in [0.15, 0.2) is 0 Å². The van der Waals surface area contributed by atoms with Crippen LogP contribution in [0.2, 0.25) is 0 Å². The minimum absolute atomic E-state index is 0.0723. The summed E-state index contributed by atoms with van der Waals surface area (Å²) in [6, 6.07) is 7.89. The van der Waals surface area contributed by atoms with Crippen molar-refractivity contribution in [2.75, 3.05) is 0 Å². The van der Waals surface area contributed by atoms with Crippen molar-refractivity contribution >= 4 is 17.2 Å². The summed E-state index contributed by atoms with van der Waals surface area (Å²) in [6.07, 6.45) is -0.819. The van der Waals surface area contributed by atoms with Gasteiger partial charge < -0.3 is 10.4 Å². The molecule has 0 bridgehead atoms. The van der Waals surface area contributed by atoms with E-state index in [2.05, 4.69) is 31.1 Å². The summed E-state index contributed by atoms with van der Waals surface area (Å²) >= 11 is 1.29. The van der Waals surface area contributed by atoms with E-state index in [0.717, 1.165) is 5.56 Å². The highest BCUT2D eigenvalue weighted by atomic mass is 32.1. The molecule has 0 radical (unpaired) electrons. The Hall–Kier alpha value is -1.72. The van der Waals surface area contributed by atoms with Crippen molar-refractivity contribution in [3.8, 4) is 0 Å². The summed E-state index contributed by atoms with van der Waals surface area (Å²) in [5.41, 5.74) is 2.09. The number of aliphatic hydroxyl groups excluding tert-OH is 1. The summed E-state index contributed by atoms with van der Waals surface area (Å²) in [6.45, 7) is 12.2. The number of rotatable bonds is 3. The van der Waals surface area contributed by atoms with Crippen LogP contribution in [-0.2, 0) is 5.41 Å². The lowest BCUT2D eigenvalue weighted by atomic mass is 9.86. The molecular weight excluding hydrogens is 320 g/mol. The number of hydrogen-bond acceptors (Lipinski definition) is 4. The largest absolute Gasteiger partial charge is 0.381 e. The van der Waals surface area contributed by atoms with Gasteiger partial charge in [-0.15, -0.1) is 11.3 Å². The average Bonchev–Trinajstić information content (AvgIpc) is 2.94. The first-order valence-corrected chi connectivity index (χ1v) is 8.92. The fraction of sp³-hybridized carbons (Fsp3) is 0.474. The molecule has 0 saturated carbocycles. The van der Waals surface area contributed by atoms with Crippen molar-refractivity contribution in [3.05, 3.63) is 51.5 Å². The third-order valence-corrected chi connectivity index (χ3v) is 4.47. The van der Waals surface area contributed by atoms with E-state index in [1.54, 1.807) is 5.38 Å². The van der Waals surface area contributed by atoms with Gasteiger partial charge in [0.1, 0.15) is 16.8 Å². The number of hydrogen-bond donors (Lipinski definition) is 2. The quantitative estimate of drug-likeness (QED) is 0.881. The number of carbonyl (C=O) groups excluding carboxylic acids is 1. The normalized spacial score (nSPS) is 13.6. The number of nitrogens with zero attached hydrogens (tertiary/aromatic N) is 1. The standard InChI is InChI=1S/C19H26N2O2S/c1-18(2,3)13-9-7-12(8-10-13)15(22)17-20-14(11-24-17)16(23)21-19(4,5)6/h7-11,15,22H,1-6H3,(H,21,23). The Kier molecular flexibility index (Phi) is 5.16. The van der Waals surface area contributed by atoms with E-state index in [1.165, 1.54) is 16.9 Å². The van der Waals surface area contributed by atoms with Crippen LogP contribution < -0.4 is 5.32 Å². The van der Waals surface area contributed by atoms with E-state index in [9.17, 15) is 9.90 Å². The summed E-state index contributed by atoms with van der Waals surface area (Å²) in [5.74, 6) is -0.222. The van der Waals surface area contributed by atoms with Gasteiger partial charge in [0, 0.05) is 10.9 Å². The van der Waals surface area contributed by atoms with Gasteiger partial charge in [-0.2, -0.15) is 0 Å². The summed E-state index contributed by atoms with van der Waals surface area (Å²) in [5, 5.41) is 15.6. The van der Waals surface area contributed by atoms with Gasteiger partial charge in [0.2, 0.25) is 0 Å². The van der Waals surface area contributed by atoms with Gasteiger partial charge in [0.05, 0.1) is 0 Å². The van der Waals surface area contributed by atoms with Crippen LogP contribution in [0.25, 0.3) is 0 Å². The number of aromatic nitrogens is 1. The van der Waals surface area contributed by atoms with E-state index in [1.807, 2.05) is 45.0 Å². The third-order valence-electron chi connectivity index (χ3n) is 3.57. The molecule has 1 heterocycles. The van der Waals surface area contributed by atoms with Crippen molar-refractivity contribution in [2.45, 2.75) is 58.6 Å². The van der Waals surface area contributed by atoms with E-state index in [-0.39, 0.29) is 16.9 Å². The SMILES string of the molecule is CC(C)(C)NC(=O)c1csc(C(O)c2ccc(C(C)(C)C)cc2)n1. The molecule has 0 fully saturated rings. The zero-order valence-electron chi connectivity index (χ0n) is 15.2. The maximum Gasteiger partial charge on any atom is 0.271 e. The Morgan fingerprint density at radius 3 is 2.21 bits per heavy atom. The molecule has 2 aromatic rings. The monoisotopic (exact) mass is 346 g/mol. The summed E-state index contributed by atoms with van der Waals surface area (Å²) in [7, 11) is 0. The molecule has 130 valence electrons. The van der Waals surface area contributed by atoms with Crippen LogP contribution in [0.4, 0.5) is 0 Å². The maximum absolute atomic E-state index is 12.1. The average molecular weight is 346 g/mol. The Morgan fingerprint density at radius 1 is 1.12 bits per heavy atom. The van der Waals surface area contributed by atoms with Crippen molar-refractivity contribution < 1.29 is 9.90 Å². The fourth-order valence-electron chi connectivity index (χ4n) is 2.23. The predicted molar refractivity (Wildman–Crippen MR) is 98.5 cm³/mol. The summed E-state index contributed by atoms with van der Waals surface area (Å²) in [4.78, 5) is 16.4. The Balaban J connectivity index is 2.16. The highest BCUT2D eigenvalue weighted by Crippen LogP contribution is 2.28. The number of aliphatic hydroxyl groups is 1. The van der Waals surface area contributed by atoms with Crippen molar-refractivity contribution in [2.24, 2.45) is 0 Å². The van der Waals surface area contributed by atoms with E-state index in [0.29, 0.717) is 10.7 Å². The van der Waals surface area contributed by atoms with Crippen molar-refractivity contribution in [1.82, 2.24) is 10.3 Å². The number of carbonyl (C=O) groups is 1. The molecule has 4 nitrogen and oxygen atoms in total. The molecule has 0 spiro atoms. The molecule has 1 aromatic carbocycles. The molecule has 2 rings (SSSR count). The van der Waals surface area contributed by atoms with Gasteiger partial charge in [-0.3, -0.25) is 4.79 Å². The number of nitrogens with one attached hydrogen (secondary N) is 1. The molecule has 1 atom stereocenters. The van der Waals surface area contributed by atoms with E-state index in [4.69, 9.17) is 0 Å². The molecule has 1 unspecified atom stereocenters. The topological polar surface area (TPSA) is 62.2 Å². The second-order valence-corrected chi connectivity index (χ2v) is 8.94. The molecule has 0 aliphatic carbocycles. The Morgan fingerprint density at radius 2 is 1.71 bits per heavy atom. The van der Waals surface area contributed by atoms with E-state index >= 15 is 0 Å². The highest BCUT2D eigenvalue weighted by molar-refractivity contribution is 7.09. The van der Waals surface area contributed by atoms with E-state index < -0.39 is 6.10 Å². The van der Waals surface area contributed by atoms with Crippen LogP contribution in [0.1, 0.15) is 74.3 Å². The van der Waals surface area contributed by atoms with Crippen LogP contribution in [0.3, 0.4) is 0 Å². The zero-order valence-corrected chi connectivity index (χ0v) is 16.0. The highest BCUT2D eigenvalue weighted by Gasteiger charge is 2.21. The van der Waals surface area contributed by atoms with Crippen LogP contribution in [0, 0.1) is 0 Å². The fourth-order valence-corrected chi connectivity index (χ4v) is 3.04. The van der Waals surface area contributed by atoms with Crippen molar-refractivity contribution in [1.29, 1.82) is 0 Å². The molecule has 0 aliphatic rings. The second-order valence-electron chi connectivity index (χ2n) is 8.05. The predicted octanol–water partition coefficient (Wildman–Crippen LogP) is 4.05. The Labute approximate surface area is 148 Å². The molecule has 2 N–H and O–H groups in total. The Bertz CT molecular complexity index is 706. The maximum atomic E-state index is 12.1. The number of benzene rings is 1. The molecular formula is C19H26N2O2S. The van der Waals surface area contributed by atoms with Crippen LogP contribution in [0.5, 0.6) is 0 Å². The van der Waals surface area contributed by atoms with Gasteiger partial charge in [-0.25, -0.2) is 4.98 Å². The number of amides is 1. The lowest BCUT2D eigenvalue weighted by Gasteiger charge is -2.20. The zero-order chi connectivity index (χ0) is 18.1. The second kappa shape index (κ2) is 6.65. The lowest BCUT2D eigenvalue weighted by molar-refractivity contribution is 0.0914. The van der Waals surface area contributed by atoms with Crippen LogP contribution >= 0.6 is 11.3 Å².